The van der Waals surface area contributed by atoms with Gasteiger partial charge in [-0.15, -0.1) is 0 Å². The molecule has 6 heteroatoms. The average molecular weight is 260 g/mol. The molecule has 1 aromatic rings. The Morgan fingerprint density at radius 1 is 1.53 bits per heavy atom. The van der Waals surface area contributed by atoms with E-state index < -0.39 is 18.1 Å². The van der Waals surface area contributed by atoms with Crippen molar-refractivity contribution in [2.24, 2.45) is 0 Å². The molecule has 0 bridgehead atoms. The molecule has 0 heterocycles. The van der Waals surface area contributed by atoms with E-state index >= 15 is 0 Å². The topological polar surface area (TPSA) is 89.8 Å². The van der Waals surface area contributed by atoms with Crippen LogP contribution in [0.3, 0.4) is 0 Å². The molecular formula is C11H14ClNO4. The standard InChI is InChI=1S/C11H14ClNO4/c1-11(17,6-14)5-13-10(16)8-3-2-7(12)4-9(8)15/h2-4,14-15,17H,5-6H2,1H3,(H,13,16). The monoisotopic (exact) mass is 259 g/mol. The fourth-order valence-electron chi connectivity index (χ4n) is 1.12. The van der Waals surface area contributed by atoms with Gasteiger partial charge in [0.2, 0.25) is 0 Å². The molecule has 1 atom stereocenters. The lowest BCUT2D eigenvalue weighted by Crippen LogP contribution is -2.43. The van der Waals surface area contributed by atoms with E-state index in [0.29, 0.717) is 5.02 Å². The van der Waals surface area contributed by atoms with Gasteiger partial charge in [-0.2, -0.15) is 0 Å². The van der Waals surface area contributed by atoms with Gasteiger partial charge in [0.15, 0.2) is 0 Å². The average Bonchev–Trinajstić information content (AvgIpc) is 2.26. The van der Waals surface area contributed by atoms with Gasteiger partial charge in [-0.05, 0) is 25.1 Å². The van der Waals surface area contributed by atoms with Crippen LogP contribution in [0.15, 0.2) is 18.2 Å². The van der Waals surface area contributed by atoms with Crippen molar-refractivity contribution in [3.63, 3.8) is 0 Å². The van der Waals surface area contributed by atoms with Gasteiger partial charge in [-0.25, -0.2) is 0 Å². The SMILES string of the molecule is CC(O)(CO)CNC(=O)c1ccc(Cl)cc1O. The van der Waals surface area contributed by atoms with E-state index in [2.05, 4.69) is 5.32 Å². The first-order chi connectivity index (χ1) is 7.85. The summed E-state index contributed by atoms with van der Waals surface area (Å²) >= 11 is 5.63. The predicted octanol–water partition coefficient (Wildman–Crippen LogP) is 0.519. The molecule has 1 rings (SSSR count). The van der Waals surface area contributed by atoms with Crippen molar-refractivity contribution in [1.29, 1.82) is 0 Å². The van der Waals surface area contributed by atoms with E-state index in [-0.39, 0.29) is 17.9 Å². The van der Waals surface area contributed by atoms with Crippen LogP contribution in [-0.4, -0.2) is 40.0 Å². The third-order valence-corrected chi connectivity index (χ3v) is 2.41. The Bertz CT molecular complexity index is 420. The number of hydrogen-bond donors (Lipinski definition) is 4. The van der Waals surface area contributed by atoms with Gasteiger partial charge in [0.25, 0.3) is 5.91 Å². The molecule has 94 valence electrons. The quantitative estimate of drug-likeness (QED) is 0.635. The van der Waals surface area contributed by atoms with Crippen molar-refractivity contribution in [2.75, 3.05) is 13.2 Å². The van der Waals surface area contributed by atoms with Crippen LogP contribution in [0.1, 0.15) is 17.3 Å². The number of carbonyl (C=O) groups excluding carboxylic acids is 1. The molecule has 0 aliphatic carbocycles. The number of nitrogens with one attached hydrogen (secondary N) is 1. The molecule has 0 saturated carbocycles. The molecule has 0 aliphatic rings. The molecule has 1 unspecified atom stereocenters. The second-order valence-corrected chi connectivity index (χ2v) is 4.44. The molecule has 17 heavy (non-hydrogen) atoms. The van der Waals surface area contributed by atoms with Gasteiger partial charge >= 0.3 is 0 Å². The molecule has 0 fully saturated rings. The van der Waals surface area contributed by atoms with Crippen LogP contribution in [0.2, 0.25) is 5.02 Å². The van der Waals surface area contributed by atoms with Crippen LogP contribution >= 0.6 is 11.6 Å². The molecular weight excluding hydrogens is 246 g/mol. The lowest BCUT2D eigenvalue weighted by atomic mass is 10.1. The van der Waals surface area contributed by atoms with Crippen LogP contribution < -0.4 is 5.32 Å². The number of aliphatic hydroxyl groups is 2. The number of benzene rings is 1. The van der Waals surface area contributed by atoms with Crippen molar-refractivity contribution < 1.29 is 20.1 Å². The maximum atomic E-state index is 11.6. The van der Waals surface area contributed by atoms with Crippen molar-refractivity contribution in [3.8, 4) is 5.75 Å². The summed E-state index contributed by atoms with van der Waals surface area (Å²) in [6, 6.07) is 4.10. The lowest BCUT2D eigenvalue weighted by molar-refractivity contribution is 0.00318. The first kappa shape index (κ1) is 13.8. The summed E-state index contributed by atoms with van der Waals surface area (Å²) in [7, 11) is 0. The Morgan fingerprint density at radius 2 is 2.18 bits per heavy atom. The number of halogens is 1. The van der Waals surface area contributed by atoms with Crippen LogP contribution in [-0.2, 0) is 0 Å². The van der Waals surface area contributed by atoms with E-state index in [1.807, 2.05) is 0 Å². The zero-order chi connectivity index (χ0) is 13.1. The summed E-state index contributed by atoms with van der Waals surface area (Å²) in [5, 5.41) is 30.5. The van der Waals surface area contributed by atoms with E-state index in [9.17, 15) is 15.0 Å². The number of amides is 1. The van der Waals surface area contributed by atoms with Gasteiger partial charge < -0.3 is 20.6 Å². The predicted molar refractivity (Wildman–Crippen MR) is 63.2 cm³/mol. The Balaban J connectivity index is 2.71. The molecule has 4 N–H and O–H groups in total. The number of hydrogen-bond acceptors (Lipinski definition) is 4. The largest absolute Gasteiger partial charge is 0.507 e. The molecule has 0 aromatic heterocycles. The molecule has 0 aliphatic heterocycles. The van der Waals surface area contributed by atoms with Crippen molar-refractivity contribution in [3.05, 3.63) is 28.8 Å². The van der Waals surface area contributed by atoms with Crippen molar-refractivity contribution in [2.45, 2.75) is 12.5 Å². The minimum atomic E-state index is -1.39. The van der Waals surface area contributed by atoms with Crippen LogP contribution in [0.4, 0.5) is 0 Å². The highest BCUT2D eigenvalue weighted by Crippen LogP contribution is 2.21. The number of phenols is 1. The fraction of sp³-hybridized carbons (Fsp3) is 0.364. The Kier molecular flexibility index (Phi) is 4.34. The van der Waals surface area contributed by atoms with Crippen LogP contribution in [0, 0.1) is 0 Å². The highest BCUT2D eigenvalue weighted by molar-refractivity contribution is 6.30. The fourth-order valence-corrected chi connectivity index (χ4v) is 1.28. The molecule has 0 radical (unpaired) electrons. The number of rotatable bonds is 4. The Morgan fingerprint density at radius 3 is 2.71 bits per heavy atom. The summed E-state index contributed by atoms with van der Waals surface area (Å²) in [4.78, 5) is 11.6. The van der Waals surface area contributed by atoms with E-state index in [4.69, 9.17) is 16.7 Å². The first-order valence-electron chi connectivity index (χ1n) is 4.96. The second kappa shape index (κ2) is 5.35. The van der Waals surface area contributed by atoms with Gasteiger partial charge in [-0.3, -0.25) is 4.79 Å². The van der Waals surface area contributed by atoms with Crippen LogP contribution in [0.5, 0.6) is 5.75 Å². The minimum Gasteiger partial charge on any atom is -0.507 e. The Labute approximate surface area is 104 Å². The number of phenolic OH excluding ortho intramolecular Hbond substituents is 1. The molecule has 0 saturated heterocycles. The maximum Gasteiger partial charge on any atom is 0.255 e. The zero-order valence-electron chi connectivity index (χ0n) is 9.27. The maximum absolute atomic E-state index is 11.6. The molecule has 1 amide bonds. The van der Waals surface area contributed by atoms with E-state index in [0.717, 1.165) is 0 Å². The third kappa shape index (κ3) is 3.89. The van der Waals surface area contributed by atoms with Crippen molar-refractivity contribution in [1.82, 2.24) is 5.32 Å². The number of carbonyl (C=O) groups is 1. The van der Waals surface area contributed by atoms with Gasteiger partial charge in [0.1, 0.15) is 11.4 Å². The second-order valence-electron chi connectivity index (χ2n) is 4.00. The van der Waals surface area contributed by atoms with E-state index in [1.54, 1.807) is 0 Å². The van der Waals surface area contributed by atoms with Gasteiger partial charge in [0, 0.05) is 11.6 Å². The van der Waals surface area contributed by atoms with Crippen LogP contribution in [0.25, 0.3) is 0 Å². The normalized spacial score (nSPS) is 14.1. The highest BCUT2D eigenvalue weighted by Gasteiger charge is 2.21. The highest BCUT2D eigenvalue weighted by atomic mass is 35.5. The van der Waals surface area contributed by atoms with E-state index in [1.165, 1.54) is 25.1 Å². The smallest absolute Gasteiger partial charge is 0.255 e. The van der Waals surface area contributed by atoms with Gasteiger partial charge in [0.05, 0.1) is 12.2 Å². The zero-order valence-corrected chi connectivity index (χ0v) is 10.0. The molecule has 5 nitrogen and oxygen atoms in total. The number of aliphatic hydroxyl groups excluding tert-OH is 1. The lowest BCUT2D eigenvalue weighted by Gasteiger charge is -2.20. The van der Waals surface area contributed by atoms with Crippen molar-refractivity contribution >= 4 is 17.5 Å². The summed E-state index contributed by atoms with van der Waals surface area (Å²) in [6.45, 7) is 0.791. The first-order valence-corrected chi connectivity index (χ1v) is 5.33. The Hall–Kier alpha value is -1.30. The third-order valence-electron chi connectivity index (χ3n) is 2.17. The summed E-state index contributed by atoms with van der Waals surface area (Å²) in [6.07, 6.45) is 0. The summed E-state index contributed by atoms with van der Waals surface area (Å²) in [5.41, 5.74) is -1.33. The molecule has 1 aromatic carbocycles. The summed E-state index contributed by atoms with van der Waals surface area (Å²) in [5.74, 6) is -0.786. The number of aromatic hydroxyl groups is 1. The summed E-state index contributed by atoms with van der Waals surface area (Å²) < 4.78 is 0. The van der Waals surface area contributed by atoms with Gasteiger partial charge in [-0.1, -0.05) is 11.6 Å². The molecule has 0 spiro atoms. The minimum absolute atomic E-state index is 0.0585.